The van der Waals surface area contributed by atoms with Crippen LogP contribution in [0.5, 0.6) is 0 Å². The lowest BCUT2D eigenvalue weighted by molar-refractivity contribution is -0.121. The molecule has 0 radical (unpaired) electrons. The van der Waals surface area contributed by atoms with Gasteiger partial charge in [-0.05, 0) is 30.5 Å². The molecule has 3 N–H and O–H groups in total. The molecule has 1 heterocycles. The van der Waals surface area contributed by atoms with Gasteiger partial charge in [0.1, 0.15) is 4.21 Å². The number of carbonyl (C=O) groups excluding carboxylic acids is 1. The number of thiophene rings is 1. The molecule has 1 aromatic heterocycles. The van der Waals surface area contributed by atoms with Crippen molar-refractivity contribution in [3.8, 4) is 0 Å². The van der Waals surface area contributed by atoms with Crippen molar-refractivity contribution in [1.82, 2.24) is 10.1 Å². The maximum Gasteiger partial charge on any atom is 0.256 e. The average molecular weight is 429 g/mol. The maximum absolute atomic E-state index is 12.1. The van der Waals surface area contributed by atoms with Crippen LogP contribution in [0.2, 0.25) is 15.1 Å². The molecule has 0 aliphatic rings. The summed E-state index contributed by atoms with van der Waals surface area (Å²) in [4.78, 5) is 12.0. The van der Waals surface area contributed by atoms with Crippen LogP contribution in [-0.2, 0) is 14.8 Å². The number of amides is 1. The molecule has 0 aliphatic carbocycles. The van der Waals surface area contributed by atoms with Crippen LogP contribution < -0.4 is 15.6 Å². The molecule has 0 bridgehead atoms. The largest absolute Gasteiger partial charge is 0.296 e. The van der Waals surface area contributed by atoms with Crippen molar-refractivity contribution in [2.75, 3.05) is 5.43 Å². The number of hydrogen-bond acceptors (Lipinski definition) is 5. The van der Waals surface area contributed by atoms with Crippen LogP contribution in [0.15, 0.2) is 33.9 Å². The molecule has 1 unspecified atom stereocenters. The van der Waals surface area contributed by atoms with E-state index in [1.807, 2.05) is 0 Å². The first kappa shape index (κ1) is 19.3. The van der Waals surface area contributed by atoms with Crippen LogP contribution in [0.3, 0.4) is 0 Å². The van der Waals surface area contributed by atoms with Gasteiger partial charge in [-0.3, -0.25) is 15.6 Å². The van der Waals surface area contributed by atoms with Gasteiger partial charge in [0.2, 0.25) is 0 Å². The van der Waals surface area contributed by atoms with Gasteiger partial charge in [0.05, 0.1) is 21.8 Å². The minimum Gasteiger partial charge on any atom is -0.296 e. The molecule has 1 atom stereocenters. The molecule has 11 heteroatoms. The van der Waals surface area contributed by atoms with E-state index in [9.17, 15) is 13.2 Å². The summed E-state index contributed by atoms with van der Waals surface area (Å²) in [5.74, 6) is -0.614. The van der Waals surface area contributed by atoms with Crippen molar-refractivity contribution in [3.63, 3.8) is 0 Å². The first-order valence-corrected chi connectivity index (χ1v) is 9.96. The topological polar surface area (TPSA) is 87.3 Å². The fourth-order valence-electron chi connectivity index (χ4n) is 1.65. The summed E-state index contributed by atoms with van der Waals surface area (Å²) in [6.45, 7) is 1.41. The summed E-state index contributed by atoms with van der Waals surface area (Å²) >= 11 is 18.8. The zero-order chi connectivity index (χ0) is 17.9. The Kier molecular flexibility index (Phi) is 6.35. The SMILES string of the molecule is CC(NS(=O)(=O)c1cccs1)C(=O)NNc1c(Cl)cc(Cl)cc1Cl. The van der Waals surface area contributed by atoms with Crippen molar-refractivity contribution in [2.45, 2.75) is 17.2 Å². The average Bonchev–Trinajstić information content (AvgIpc) is 3.00. The van der Waals surface area contributed by atoms with Crippen molar-refractivity contribution < 1.29 is 13.2 Å². The van der Waals surface area contributed by atoms with Crippen LogP contribution >= 0.6 is 46.1 Å². The van der Waals surface area contributed by atoms with Gasteiger partial charge in [-0.1, -0.05) is 40.9 Å². The first-order valence-electron chi connectivity index (χ1n) is 6.47. The fourth-order valence-corrected chi connectivity index (χ4v) is 4.78. The van der Waals surface area contributed by atoms with Crippen LogP contribution in [0.1, 0.15) is 6.92 Å². The molecule has 130 valence electrons. The number of nitrogens with one attached hydrogen (secondary N) is 3. The zero-order valence-electron chi connectivity index (χ0n) is 12.1. The van der Waals surface area contributed by atoms with Crippen LogP contribution in [-0.4, -0.2) is 20.4 Å². The number of sulfonamides is 1. The van der Waals surface area contributed by atoms with Gasteiger partial charge < -0.3 is 0 Å². The fraction of sp³-hybridized carbons (Fsp3) is 0.154. The highest BCUT2D eigenvalue weighted by atomic mass is 35.5. The van der Waals surface area contributed by atoms with E-state index in [2.05, 4.69) is 15.6 Å². The number of benzene rings is 1. The molecule has 1 amide bonds. The third-order valence-electron chi connectivity index (χ3n) is 2.80. The molecule has 0 saturated carbocycles. The summed E-state index contributed by atoms with van der Waals surface area (Å²) in [7, 11) is -3.76. The van der Waals surface area contributed by atoms with Gasteiger partial charge in [-0.2, -0.15) is 4.72 Å². The maximum atomic E-state index is 12.1. The standard InChI is InChI=1S/C13H12Cl3N3O3S2/c1-7(19-24(21,22)11-3-2-4-23-11)13(20)18-17-12-9(15)5-8(14)6-10(12)16/h2-7,17,19H,1H3,(H,18,20). The highest BCUT2D eigenvalue weighted by molar-refractivity contribution is 7.91. The van der Waals surface area contributed by atoms with Gasteiger partial charge >= 0.3 is 0 Å². The van der Waals surface area contributed by atoms with Crippen LogP contribution in [0, 0.1) is 0 Å². The molecule has 2 aromatic rings. The molecule has 0 fully saturated rings. The second kappa shape index (κ2) is 7.90. The molecular weight excluding hydrogens is 417 g/mol. The Balaban J connectivity index is 2.00. The third kappa shape index (κ3) is 4.75. The molecule has 0 spiro atoms. The molecule has 0 saturated heterocycles. The Hall–Kier alpha value is -1.03. The lowest BCUT2D eigenvalue weighted by Crippen LogP contribution is -2.46. The second-order valence-electron chi connectivity index (χ2n) is 4.63. The van der Waals surface area contributed by atoms with E-state index >= 15 is 0 Å². The van der Waals surface area contributed by atoms with Crippen molar-refractivity contribution in [3.05, 3.63) is 44.7 Å². The molecular formula is C13H12Cl3N3O3S2. The highest BCUT2D eigenvalue weighted by Crippen LogP contribution is 2.33. The molecule has 0 aliphatic heterocycles. The Labute approximate surface area is 158 Å². The van der Waals surface area contributed by atoms with Crippen molar-refractivity contribution in [1.29, 1.82) is 0 Å². The predicted octanol–water partition coefficient (Wildman–Crippen LogP) is 3.52. The number of anilines is 1. The number of rotatable bonds is 6. The quantitative estimate of drug-likeness (QED) is 0.614. The highest BCUT2D eigenvalue weighted by Gasteiger charge is 2.23. The minimum atomic E-state index is -3.76. The zero-order valence-corrected chi connectivity index (χ0v) is 16.0. The van der Waals surface area contributed by atoms with Crippen molar-refractivity contribution in [2.24, 2.45) is 0 Å². The third-order valence-corrected chi connectivity index (χ3v) is 6.56. The van der Waals surface area contributed by atoms with Crippen molar-refractivity contribution >= 4 is 67.8 Å². The molecule has 24 heavy (non-hydrogen) atoms. The van der Waals surface area contributed by atoms with E-state index in [1.54, 1.807) is 11.4 Å². The second-order valence-corrected chi connectivity index (χ2v) is 8.77. The summed E-state index contributed by atoms with van der Waals surface area (Å²) in [6.07, 6.45) is 0. The Morgan fingerprint density at radius 1 is 1.21 bits per heavy atom. The van der Waals surface area contributed by atoms with Gasteiger partial charge in [0.25, 0.3) is 15.9 Å². The summed E-state index contributed by atoms with van der Waals surface area (Å²) < 4.78 is 26.5. The molecule has 2 rings (SSSR count). The lowest BCUT2D eigenvalue weighted by atomic mass is 10.3. The van der Waals surface area contributed by atoms with Gasteiger partial charge in [0, 0.05) is 5.02 Å². The first-order chi connectivity index (χ1) is 11.2. The normalized spacial score (nSPS) is 12.7. The van der Waals surface area contributed by atoms with Gasteiger partial charge in [-0.15, -0.1) is 11.3 Å². The van der Waals surface area contributed by atoms with Crippen LogP contribution in [0.25, 0.3) is 0 Å². The predicted molar refractivity (Wildman–Crippen MR) is 97.3 cm³/mol. The number of carbonyl (C=O) groups is 1. The van der Waals surface area contributed by atoms with E-state index in [0.717, 1.165) is 11.3 Å². The monoisotopic (exact) mass is 427 g/mol. The molecule has 6 nitrogen and oxygen atoms in total. The Morgan fingerprint density at radius 3 is 2.38 bits per heavy atom. The van der Waals surface area contributed by atoms with E-state index < -0.39 is 22.0 Å². The van der Waals surface area contributed by atoms with E-state index in [4.69, 9.17) is 34.8 Å². The van der Waals surface area contributed by atoms with Crippen LogP contribution in [0.4, 0.5) is 5.69 Å². The summed E-state index contributed by atoms with van der Waals surface area (Å²) in [5.41, 5.74) is 5.15. The molecule has 1 aromatic carbocycles. The lowest BCUT2D eigenvalue weighted by Gasteiger charge is -2.16. The Morgan fingerprint density at radius 2 is 1.83 bits per heavy atom. The minimum absolute atomic E-state index is 0.124. The van der Waals surface area contributed by atoms with Gasteiger partial charge in [-0.25, -0.2) is 8.42 Å². The van der Waals surface area contributed by atoms with E-state index in [-0.39, 0.29) is 19.9 Å². The smallest absolute Gasteiger partial charge is 0.256 e. The number of hydrazine groups is 1. The van der Waals surface area contributed by atoms with E-state index in [0.29, 0.717) is 5.02 Å². The number of hydrogen-bond donors (Lipinski definition) is 3. The number of halogens is 3. The van der Waals surface area contributed by atoms with Gasteiger partial charge in [0.15, 0.2) is 0 Å². The van der Waals surface area contributed by atoms with E-state index in [1.165, 1.54) is 25.1 Å². The Bertz CT molecular complexity index is 818. The summed E-state index contributed by atoms with van der Waals surface area (Å²) in [5, 5.41) is 2.39. The summed E-state index contributed by atoms with van der Waals surface area (Å²) in [6, 6.07) is 4.94.